The van der Waals surface area contributed by atoms with Gasteiger partial charge in [0.15, 0.2) is 0 Å². The number of carbonyl (C=O) groups excluding carboxylic acids is 1. The lowest BCUT2D eigenvalue weighted by atomic mass is 9.97. The monoisotopic (exact) mass is 337 g/mol. The highest BCUT2D eigenvalue weighted by Gasteiger charge is 2.28. The highest BCUT2D eigenvalue weighted by Crippen LogP contribution is 2.29. The highest BCUT2D eigenvalue weighted by molar-refractivity contribution is 9.11. The van der Waals surface area contributed by atoms with Crippen LogP contribution in [0.3, 0.4) is 0 Å². The highest BCUT2D eigenvalue weighted by atomic mass is 79.9. The summed E-state index contributed by atoms with van der Waals surface area (Å²) in [5.41, 5.74) is 0. The first-order valence-electron chi connectivity index (χ1n) is 5.95. The molecule has 1 heterocycles. The van der Waals surface area contributed by atoms with Gasteiger partial charge in [0.1, 0.15) is 5.76 Å². The second-order valence-corrected chi connectivity index (χ2v) is 5.20. The fourth-order valence-corrected chi connectivity index (χ4v) is 2.68. The average Bonchev–Trinajstić information content (AvgIpc) is 2.37. The summed E-state index contributed by atoms with van der Waals surface area (Å²) in [4.78, 5) is 14.0. The molecule has 0 aromatic heterocycles. The summed E-state index contributed by atoms with van der Waals surface area (Å²) in [6.45, 7) is -0.770. The summed E-state index contributed by atoms with van der Waals surface area (Å²) in [6.07, 6.45) is 3.35. The number of carbonyl (C=O) groups is 1. The lowest BCUT2D eigenvalue weighted by Gasteiger charge is -2.30. The van der Waals surface area contributed by atoms with E-state index in [1.165, 1.54) is 6.08 Å². The molecule has 0 aromatic carbocycles. The molecule has 1 fully saturated rings. The standard InChI is InChI=1S/C12H14BrF2NO3/c13-9-5-8(6-10(7-9)19-12(14)15)11(17)16-1-3-18-4-2-16/h5,7-8,12H,1-4,6H2. The van der Waals surface area contributed by atoms with E-state index >= 15 is 0 Å². The lowest BCUT2D eigenvalue weighted by Crippen LogP contribution is -2.43. The average molecular weight is 338 g/mol. The largest absolute Gasteiger partial charge is 0.439 e. The maximum Gasteiger partial charge on any atom is 0.387 e. The number of ether oxygens (including phenoxy) is 2. The van der Waals surface area contributed by atoms with Gasteiger partial charge >= 0.3 is 6.61 Å². The third-order valence-corrected chi connectivity index (χ3v) is 3.45. The minimum Gasteiger partial charge on any atom is -0.439 e. The van der Waals surface area contributed by atoms with Crippen molar-refractivity contribution in [3.05, 3.63) is 22.4 Å². The normalized spacial score (nSPS) is 24.0. The summed E-state index contributed by atoms with van der Waals surface area (Å²) in [7, 11) is 0. The van der Waals surface area contributed by atoms with Crippen LogP contribution in [0.4, 0.5) is 8.78 Å². The topological polar surface area (TPSA) is 38.8 Å². The molecule has 0 saturated carbocycles. The molecule has 0 bridgehead atoms. The van der Waals surface area contributed by atoms with Crippen LogP contribution in [0.25, 0.3) is 0 Å². The van der Waals surface area contributed by atoms with Gasteiger partial charge in [-0.2, -0.15) is 8.78 Å². The predicted octanol–water partition coefficient (Wildman–Crippen LogP) is 2.27. The zero-order valence-electron chi connectivity index (χ0n) is 10.2. The number of rotatable bonds is 3. The van der Waals surface area contributed by atoms with E-state index in [0.29, 0.717) is 30.8 Å². The molecule has 2 aliphatic rings. The second-order valence-electron chi connectivity index (χ2n) is 4.29. The summed E-state index contributed by atoms with van der Waals surface area (Å²) >= 11 is 3.22. The zero-order chi connectivity index (χ0) is 13.8. The van der Waals surface area contributed by atoms with Crippen LogP contribution >= 0.6 is 15.9 Å². The first-order chi connectivity index (χ1) is 9.06. The summed E-state index contributed by atoms with van der Waals surface area (Å²) in [5.74, 6) is -0.425. The minimum atomic E-state index is -2.87. The molecule has 0 N–H and O–H groups in total. The van der Waals surface area contributed by atoms with Crippen molar-refractivity contribution in [1.82, 2.24) is 4.90 Å². The molecule has 7 heteroatoms. The Hall–Kier alpha value is -0.950. The van der Waals surface area contributed by atoms with Crippen molar-refractivity contribution >= 4 is 21.8 Å². The van der Waals surface area contributed by atoms with Gasteiger partial charge in [-0.15, -0.1) is 0 Å². The molecule has 0 aromatic rings. The second kappa shape index (κ2) is 6.47. The number of hydrogen-bond acceptors (Lipinski definition) is 3. The number of allylic oxidation sites excluding steroid dienone is 3. The van der Waals surface area contributed by atoms with E-state index in [4.69, 9.17) is 4.74 Å². The van der Waals surface area contributed by atoms with E-state index in [9.17, 15) is 13.6 Å². The van der Waals surface area contributed by atoms with Gasteiger partial charge in [-0.3, -0.25) is 4.79 Å². The third-order valence-electron chi connectivity index (χ3n) is 2.96. The molecular formula is C12H14BrF2NO3. The van der Waals surface area contributed by atoms with Crippen molar-refractivity contribution in [1.29, 1.82) is 0 Å². The fraction of sp³-hybridized carbons (Fsp3) is 0.583. The minimum absolute atomic E-state index is 0.0799. The van der Waals surface area contributed by atoms with Crippen LogP contribution in [0.2, 0.25) is 0 Å². The van der Waals surface area contributed by atoms with Crippen LogP contribution in [0, 0.1) is 5.92 Å². The van der Waals surface area contributed by atoms with Crippen molar-refractivity contribution in [3.8, 4) is 0 Å². The molecule has 1 unspecified atom stereocenters. The quantitative estimate of drug-likeness (QED) is 0.793. The molecule has 1 atom stereocenters. The van der Waals surface area contributed by atoms with Gasteiger partial charge in [0, 0.05) is 24.0 Å². The van der Waals surface area contributed by atoms with E-state index in [0.717, 1.165) is 0 Å². The Bertz CT molecular complexity index is 406. The molecule has 2 rings (SSSR count). The Kier molecular flexibility index (Phi) is 4.93. The molecule has 1 aliphatic heterocycles. The molecular weight excluding hydrogens is 324 g/mol. The van der Waals surface area contributed by atoms with Crippen molar-refractivity contribution in [2.45, 2.75) is 13.0 Å². The molecule has 4 nitrogen and oxygen atoms in total. The Balaban J connectivity index is 2.01. The molecule has 106 valence electrons. The van der Waals surface area contributed by atoms with Gasteiger partial charge in [-0.25, -0.2) is 0 Å². The number of amides is 1. The van der Waals surface area contributed by atoms with E-state index < -0.39 is 12.5 Å². The van der Waals surface area contributed by atoms with Gasteiger partial charge in [0.25, 0.3) is 0 Å². The first kappa shape index (κ1) is 14.5. The van der Waals surface area contributed by atoms with Crippen LogP contribution in [-0.2, 0) is 14.3 Å². The van der Waals surface area contributed by atoms with Crippen LogP contribution in [-0.4, -0.2) is 43.7 Å². The fourth-order valence-electron chi connectivity index (χ4n) is 2.10. The van der Waals surface area contributed by atoms with Gasteiger partial charge in [0.2, 0.25) is 5.91 Å². The van der Waals surface area contributed by atoms with Crippen molar-refractivity contribution in [3.63, 3.8) is 0 Å². The lowest BCUT2D eigenvalue weighted by molar-refractivity contribution is -0.139. The molecule has 0 spiro atoms. The Labute approximate surface area is 118 Å². The SMILES string of the molecule is O=C(C1C=C(Br)C=C(OC(F)F)C1)N1CCOCC1. The molecule has 1 saturated heterocycles. The maximum absolute atomic E-state index is 12.3. The van der Waals surface area contributed by atoms with Gasteiger partial charge < -0.3 is 14.4 Å². The van der Waals surface area contributed by atoms with Crippen LogP contribution in [0.15, 0.2) is 22.4 Å². The van der Waals surface area contributed by atoms with Crippen LogP contribution in [0.1, 0.15) is 6.42 Å². The Morgan fingerprint density at radius 3 is 2.79 bits per heavy atom. The summed E-state index contributed by atoms with van der Waals surface area (Å²) < 4.78 is 34.6. The third kappa shape index (κ3) is 4.01. The summed E-state index contributed by atoms with van der Waals surface area (Å²) in [6, 6.07) is 0. The van der Waals surface area contributed by atoms with E-state index in [2.05, 4.69) is 20.7 Å². The molecule has 0 radical (unpaired) electrons. The van der Waals surface area contributed by atoms with E-state index in [1.54, 1.807) is 11.0 Å². The molecule has 1 aliphatic carbocycles. The van der Waals surface area contributed by atoms with Crippen molar-refractivity contribution in [2.24, 2.45) is 5.92 Å². The Morgan fingerprint density at radius 1 is 1.47 bits per heavy atom. The van der Waals surface area contributed by atoms with Crippen LogP contribution in [0.5, 0.6) is 0 Å². The zero-order valence-corrected chi connectivity index (χ0v) is 11.7. The number of morpholine rings is 1. The smallest absolute Gasteiger partial charge is 0.387 e. The van der Waals surface area contributed by atoms with Crippen molar-refractivity contribution in [2.75, 3.05) is 26.3 Å². The molecule has 19 heavy (non-hydrogen) atoms. The molecule has 1 amide bonds. The number of alkyl halides is 2. The van der Waals surface area contributed by atoms with E-state index in [1.807, 2.05) is 0 Å². The van der Waals surface area contributed by atoms with E-state index in [-0.39, 0.29) is 18.1 Å². The number of hydrogen-bond donors (Lipinski definition) is 0. The number of halogens is 3. The van der Waals surface area contributed by atoms with Crippen LogP contribution < -0.4 is 0 Å². The van der Waals surface area contributed by atoms with Crippen molar-refractivity contribution < 1.29 is 23.0 Å². The summed E-state index contributed by atoms with van der Waals surface area (Å²) in [5, 5.41) is 0. The number of nitrogens with zero attached hydrogens (tertiary/aromatic N) is 1. The van der Waals surface area contributed by atoms with Gasteiger partial charge in [-0.05, 0) is 6.08 Å². The first-order valence-corrected chi connectivity index (χ1v) is 6.75. The van der Waals surface area contributed by atoms with Gasteiger partial charge in [-0.1, -0.05) is 22.0 Å². The predicted molar refractivity (Wildman–Crippen MR) is 67.7 cm³/mol. The maximum atomic E-state index is 12.3. The van der Waals surface area contributed by atoms with Gasteiger partial charge in [0.05, 0.1) is 19.1 Å². The Morgan fingerprint density at radius 2 is 2.16 bits per heavy atom.